The van der Waals surface area contributed by atoms with E-state index in [4.69, 9.17) is 4.74 Å². The zero-order valence-electron chi connectivity index (χ0n) is 20.9. The number of aliphatic hydroxyl groups is 1. The van der Waals surface area contributed by atoms with Crippen LogP contribution in [0.3, 0.4) is 0 Å². The first-order valence-corrected chi connectivity index (χ1v) is 12.7. The van der Waals surface area contributed by atoms with E-state index in [9.17, 15) is 23.9 Å². The molecular weight excluding hydrogens is 495 g/mol. The molecule has 9 heteroatoms. The lowest BCUT2D eigenvalue weighted by atomic mass is 9.95. The van der Waals surface area contributed by atoms with E-state index in [2.05, 4.69) is 18.8 Å². The number of aromatic nitrogens is 1. The van der Waals surface area contributed by atoms with Crippen LogP contribution in [0, 0.1) is 18.7 Å². The number of hydrogen-bond acceptors (Lipinski definition) is 7. The minimum Gasteiger partial charge on any atom is -0.507 e. The third kappa shape index (κ3) is 5.32. The second-order valence-corrected chi connectivity index (χ2v) is 10.2. The number of thiazole rings is 1. The molecule has 4 rings (SSSR count). The molecule has 2 heterocycles. The van der Waals surface area contributed by atoms with Crippen LogP contribution in [-0.2, 0) is 9.59 Å². The number of aryl methyl sites for hydroxylation is 1. The number of aliphatic hydroxyl groups excluding tert-OH is 1. The van der Waals surface area contributed by atoms with Crippen molar-refractivity contribution in [1.82, 2.24) is 4.98 Å². The van der Waals surface area contributed by atoms with Crippen molar-refractivity contribution >= 4 is 39.7 Å². The molecule has 2 aromatic carbocycles. The van der Waals surface area contributed by atoms with Gasteiger partial charge in [0.05, 0.1) is 28.8 Å². The lowest BCUT2D eigenvalue weighted by Crippen LogP contribution is -2.29. The Morgan fingerprint density at radius 1 is 1.19 bits per heavy atom. The van der Waals surface area contributed by atoms with E-state index in [1.807, 2.05) is 0 Å². The third-order valence-corrected chi connectivity index (χ3v) is 7.27. The standard InChI is InChI=1S/C28H27FN2O5S/c1-15(2)12-13-36-21-7-5-6-19(14-21)23-22(24(33)18-8-10-20(29)11-9-18)25(34)27(35)31(23)28-30-16(3)26(37-28)17(4)32/h5-11,14-15,23,33H,12-13H2,1-4H3. The molecule has 1 N–H and O–H groups in total. The van der Waals surface area contributed by atoms with Gasteiger partial charge >= 0.3 is 5.91 Å². The quantitative estimate of drug-likeness (QED) is 0.173. The van der Waals surface area contributed by atoms with Crippen LogP contribution in [0.25, 0.3) is 5.76 Å². The van der Waals surface area contributed by atoms with E-state index in [0.717, 1.165) is 29.9 Å². The van der Waals surface area contributed by atoms with Gasteiger partial charge in [-0.3, -0.25) is 19.3 Å². The smallest absolute Gasteiger partial charge is 0.301 e. The number of rotatable bonds is 8. The summed E-state index contributed by atoms with van der Waals surface area (Å²) in [6.45, 7) is 7.74. The second-order valence-electron chi connectivity index (χ2n) is 9.25. The van der Waals surface area contributed by atoms with Gasteiger partial charge in [0.1, 0.15) is 17.3 Å². The summed E-state index contributed by atoms with van der Waals surface area (Å²) in [5, 5.41) is 11.3. The highest BCUT2D eigenvalue weighted by Gasteiger charge is 2.48. The number of benzene rings is 2. The summed E-state index contributed by atoms with van der Waals surface area (Å²) in [6.07, 6.45) is 0.847. The van der Waals surface area contributed by atoms with Crippen LogP contribution in [0.5, 0.6) is 5.75 Å². The van der Waals surface area contributed by atoms with Gasteiger partial charge in [-0.05, 0) is 61.2 Å². The molecular formula is C28H27FN2O5S. The highest BCUT2D eigenvalue weighted by Crippen LogP contribution is 2.44. The van der Waals surface area contributed by atoms with Crippen molar-refractivity contribution in [2.24, 2.45) is 5.92 Å². The maximum absolute atomic E-state index is 13.5. The van der Waals surface area contributed by atoms with Crippen molar-refractivity contribution in [3.63, 3.8) is 0 Å². The van der Waals surface area contributed by atoms with Crippen LogP contribution >= 0.6 is 11.3 Å². The maximum Gasteiger partial charge on any atom is 0.301 e. The lowest BCUT2D eigenvalue weighted by Gasteiger charge is -2.23. The van der Waals surface area contributed by atoms with Crippen LogP contribution in [0.15, 0.2) is 54.1 Å². The van der Waals surface area contributed by atoms with Crippen molar-refractivity contribution in [2.75, 3.05) is 11.5 Å². The molecule has 1 amide bonds. The number of carbonyl (C=O) groups is 3. The monoisotopic (exact) mass is 522 g/mol. The van der Waals surface area contributed by atoms with Crippen LogP contribution < -0.4 is 9.64 Å². The molecule has 1 aliphatic rings. The molecule has 7 nitrogen and oxygen atoms in total. The first-order chi connectivity index (χ1) is 17.6. The average Bonchev–Trinajstić information content (AvgIpc) is 3.36. The number of amides is 1. The molecule has 0 bridgehead atoms. The largest absolute Gasteiger partial charge is 0.507 e. The Morgan fingerprint density at radius 2 is 1.89 bits per heavy atom. The zero-order valence-corrected chi connectivity index (χ0v) is 21.8. The molecule has 0 spiro atoms. The molecule has 1 atom stereocenters. The van der Waals surface area contributed by atoms with Gasteiger partial charge in [0.15, 0.2) is 10.9 Å². The Hall–Kier alpha value is -3.85. The maximum atomic E-state index is 13.5. The zero-order chi connectivity index (χ0) is 26.9. The average molecular weight is 523 g/mol. The number of Topliss-reactive ketones (excluding diaryl/α,β-unsaturated/α-hetero) is 2. The van der Waals surface area contributed by atoms with Crippen molar-refractivity contribution in [3.05, 3.63) is 81.6 Å². The normalized spacial score (nSPS) is 17.0. The molecule has 1 unspecified atom stereocenters. The fourth-order valence-corrected chi connectivity index (χ4v) is 5.10. The van der Waals surface area contributed by atoms with Gasteiger partial charge in [0.25, 0.3) is 5.78 Å². The number of nitrogens with zero attached hydrogens (tertiary/aromatic N) is 2. The first kappa shape index (κ1) is 26.2. The number of hydrogen-bond donors (Lipinski definition) is 1. The van der Waals surface area contributed by atoms with Crippen molar-refractivity contribution < 1.29 is 28.6 Å². The molecule has 0 saturated carbocycles. The summed E-state index contributed by atoms with van der Waals surface area (Å²) in [6, 6.07) is 10.9. The summed E-state index contributed by atoms with van der Waals surface area (Å²) in [4.78, 5) is 44.7. The molecule has 1 aliphatic heterocycles. The van der Waals surface area contributed by atoms with Crippen LogP contribution in [0.4, 0.5) is 9.52 Å². The van der Waals surface area contributed by atoms with Gasteiger partial charge in [-0.2, -0.15) is 0 Å². The van der Waals surface area contributed by atoms with Gasteiger partial charge in [-0.1, -0.05) is 37.3 Å². The van der Waals surface area contributed by atoms with Gasteiger partial charge in [-0.15, -0.1) is 0 Å². The minimum atomic E-state index is -1.04. The number of carbonyl (C=O) groups excluding carboxylic acids is 3. The van der Waals surface area contributed by atoms with E-state index < -0.39 is 29.3 Å². The fourth-order valence-electron chi connectivity index (χ4n) is 4.11. The summed E-state index contributed by atoms with van der Waals surface area (Å²) in [5.41, 5.74) is 0.987. The number of halogens is 1. The predicted octanol–water partition coefficient (Wildman–Crippen LogP) is 5.84. The van der Waals surface area contributed by atoms with E-state index in [1.54, 1.807) is 31.2 Å². The van der Waals surface area contributed by atoms with Crippen LogP contribution in [0.2, 0.25) is 0 Å². The Labute approximate surface area is 218 Å². The van der Waals surface area contributed by atoms with Crippen LogP contribution in [0.1, 0.15) is 59.7 Å². The van der Waals surface area contributed by atoms with Crippen LogP contribution in [-0.4, -0.2) is 34.2 Å². The first-order valence-electron chi connectivity index (χ1n) is 11.9. The molecule has 1 saturated heterocycles. The Bertz CT molecular complexity index is 1390. The minimum absolute atomic E-state index is 0.159. The Morgan fingerprint density at radius 3 is 2.51 bits per heavy atom. The number of ether oxygens (including phenoxy) is 1. The van der Waals surface area contributed by atoms with E-state index in [1.165, 1.54) is 24.0 Å². The van der Waals surface area contributed by atoms with Crippen molar-refractivity contribution in [2.45, 2.75) is 40.2 Å². The van der Waals surface area contributed by atoms with Gasteiger partial charge in [0, 0.05) is 12.5 Å². The Balaban J connectivity index is 1.87. The molecule has 1 aromatic heterocycles. The summed E-state index contributed by atoms with van der Waals surface area (Å²) < 4.78 is 19.4. The molecule has 1 fully saturated rings. The van der Waals surface area contributed by atoms with E-state index in [0.29, 0.717) is 34.4 Å². The van der Waals surface area contributed by atoms with E-state index in [-0.39, 0.29) is 22.1 Å². The Kier molecular flexibility index (Phi) is 7.54. The topological polar surface area (TPSA) is 96.8 Å². The van der Waals surface area contributed by atoms with Gasteiger partial charge in [0.2, 0.25) is 0 Å². The second kappa shape index (κ2) is 10.6. The molecule has 3 aromatic rings. The number of anilines is 1. The number of ketones is 2. The van der Waals surface area contributed by atoms with Crippen molar-refractivity contribution in [3.8, 4) is 5.75 Å². The summed E-state index contributed by atoms with van der Waals surface area (Å²) >= 11 is 1.01. The van der Waals surface area contributed by atoms with Gasteiger partial charge < -0.3 is 9.84 Å². The van der Waals surface area contributed by atoms with E-state index >= 15 is 0 Å². The third-order valence-electron chi connectivity index (χ3n) is 6.01. The van der Waals surface area contributed by atoms with Crippen molar-refractivity contribution in [1.29, 1.82) is 0 Å². The highest BCUT2D eigenvalue weighted by atomic mass is 32.1. The summed E-state index contributed by atoms with van der Waals surface area (Å²) in [7, 11) is 0. The SMILES string of the molecule is CC(=O)c1sc(N2C(=O)C(=O)C(=C(O)c3ccc(F)cc3)C2c2cccc(OCCC(C)C)c2)nc1C. The fraction of sp³-hybridized carbons (Fsp3) is 0.286. The molecule has 192 valence electrons. The molecule has 0 radical (unpaired) electrons. The van der Waals surface area contributed by atoms with Gasteiger partial charge in [-0.25, -0.2) is 9.37 Å². The lowest BCUT2D eigenvalue weighted by molar-refractivity contribution is -0.132. The predicted molar refractivity (Wildman–Crippen MR) is 139 cm³/mol. The highest BCUT2D eigenvalue weighted by molar-refractivity contribution is 7.18. The summed E-state index contributed by atoms with van der Waals surface area (Å²) in [5.74, 6) is -1.94. The molecule has 0 aliphatic carbocycles. The molecule has 37 heavy (non-hydrogen) atoms.